The fourth-order valence-corrected chi connectivity index (χ4v) is 3.49. The third-order valence-electron chi connectivity index (χ3n) is 4.15. The highest BCUT2D eigenvalue weighted by Crippen LogP contribution is 2.27. The van der Waals surface area contributed by atoms with Crippen LogP contribution in [0.25, 0.3) is 22.0 Å². The number of carbonyl (C=O) groups is 1. The second kappa shape index (κ2) is 6.98. The second-order valence-corrected chi connectivity index (χ2v) is 6.74. The molecule has 0 aliphatic heterocycles. The van der Waals surface area contributed by atoms with E-state index in [2.05, 4.69) is 15.6 Å². The van der Waals surface area contributed by atoms with Crippen LogP contribution in [0.2, 0.25) is 0 Å². The Morgan fingerprint density at radius 2 is 1.81 bits per heavy atom. The van der Waals surface area contributed by atoms with E-state index in [9.17, 15) is 4.79 Å². The highest BCUT2D eigenvalue weighted by molar-refractivity contribution is 7.14. The molecule has 0 atom stereocenters. The van der Waals surface area contributed by atoms with Crippen LogP contribution in [0, 0.1) is 0 Å². The van der Waals surface area contributed by atoms with Crippen LogP contribution in [0.1, 0.15) is 10.4 Å². The highest BCUT2D eigenvalue weighted by atomic mass is 32.1. The van der Waals surface area contributed by atoms with Gasteiger partial charge in [0.05, 0.1) is 5.69 Å². The Labute approximate surface area is 155 Å². The van der Waals surface area contributed by atoms with Gasteiger partial charge in [0, 0.05) is 29.2 Å². The van der Waals surface area contributed by atoms with Gasteiger partial charge in [0.15, 0.2) is 5.13 Å². The van der Waals surface area contributed by atoms with Gasteiger partial charge in [-0.3, -0.25) is 4.79 Å². The number of rotatable bonds is 4. The number of fused-ring (bicyclic) bond motifs is 1. The molecule has 5 heteroatoms. The third kappa shape index (κ3) is 3.30. The molecule has 26 heavy (non-hydrogen) atoms. The van der Waals surface area contributed by atoms with Gasteiger partial charge in [-0.25, -0.2) is 4.98 Å². The van der Waals surface area contributed by atoms with Crippen LogP contribution >= 0.6 is 11.3 Å². The Hall–Kier alpha value is -3.18. The lowest BCUT2D eigenvalue weighted by Crippen LogP contribution is -2.11. The second-order valence-electron chi connectivity index (χ2n) is 5.88. The third-order valence-corrected chi connectivity index (χ3v) is 5.01. The van der Waals surface area contributed by atoms with E-state index in [1.54, 1.807) is 11.3 Å². The first-order valence-corrected chi connectivity index (χ1v) is 9.15. The van der Waals surface area contributed by atoms with Gasteiger partial charge in [-0.1, -0.05) is 42.5 Å². The SMILES string of the molecule is CNc1nc(-c2cccc(NC(=O)c3ccc4ccccc4c3)c2)cs1. The van der Waals surface area contributed by atoms with Gasteiger partial charge in [-0.2, -0.15) is 0 Å². The van der Waals surface area contributed by atoms with E-state index in [0.29, 0.717) is 5.56 Å². The minimum atomic E-state index is -0.123. The number of nitrogens with zero attached hydrogens (tertiary/aromatic N) is 1. The summed E-state index contributed by atoms with van der Waals surface area (Å²) in [5, 5.41) is 11.0. The van der Waals surface area contributed by atoms with Crippen molar-refractivity contribution in [2.24, 2.45) is 0 Å². The standard InChI is InChI=1S/C21H17N3OS/c1-22-21-24-19(13-26-21)16-7-4-8-18(12-16)23-20(25)17-10-9-14-5-2-3-6-15(14)11-17/h2-13H,1H3,(H,22,24)(H,23,25). The van der Waals surface area contributed by atoms with Crippen LogP contribution in [-0.4, -0.2) is 17.9 Å². The maximum atomic E-state index is 12.6. The van der Waals surface area contributed by atoms with Crippen molar-refractivity contribution in [3.05, 3.63) is 77.7 Å². The Kier molecular flexibility index (Phi) is 4.37. The molecule has 128 valence electrons. The zero-order valence-corrected chi connectivity index (χ0v) is 15.0. The molecule has 0 aliphatic carbocycles. The van der Waals surface area contributed by atoms with Crippen molar-refractivity contribution >= 4 is 38.8 Å². The van der Waals surface area contributed by atoms with Crippen LogP contribution in [0.4, 0.5) is 10.8 Å². The molecule has 4 rings (SSSR count). The molecule has 0 radical (unpaired) electrons. The molecule has 2 N–H and O–H groups in total. The molecule has 4 aromatic rings. The number of thiazole rings is 1. The molecule has 0 aliphatic rings. The van der Waals surface area contributed by atoms with E-state index < -0.39 is 0 Å². The predicted octanol–water partition coefficient (Wildman–Crippen LogP) is 5.26. The van der Waals surface area contributed by atoms with Crippen molar-refractivity contribution < 1.29 is 4.79 Å². The summed E-state index contributed by atoms with van der Waals surface area (Å²) in [4.78, 5) is 17.1. The van der Waals surface area contributed by atoms with Gasteiger partial charge >= 0.3 is 0 Å². The van der Waals surface area contributed by atoms with Crippen molar-refractivity contribution in [1.29, 1.82) is 0 Å². The molecule has 0 saturated heterocycles. The molecule has 0 unspecified atom stereocenters. The van der Waals surface area contributed by atoms with Crippen molar-refractivity contribution in [2.45, 2.75) is 0 Å². The van der Waals surface area contributed by atoms with Gasteiger partial charge in [0.1, 0.15) is 0 Å². The fourth-order valence-electron chi connectivity index (χ4n) is 2.81. The minimum Gasteiger partial charge on any atom is -0.365 e. The van der Waals surface area contributed by atoms with E-state index in [1.165, 1.54) is 0 Å². The zero-order valence-electron chi connectivity index (χ0n) is 14.2. The number of amides is 1. The monoisotopic (exact) mass is 359 g/mol. The first-order valence-electron chi connectivity index (χ1n) is 8.27. The summed E-state index contributed by atoms with van der Waals surface area (Å²) in [6.07, 6.45) is 0. The van der Waals surface area contributed by atoms with Crippen molar-refractivity contribution in [2.75, 3.05) is 17.7 Å². The molecule has 1 heterocycles. The predicted molar refractivity (Wildman–Crippen MR) is 109 cm³/mol. The van der Waals surface area contributed by atoms with Gasteiger partial charge in [0.25, 0.3) is 5.91 Å². The van der Waals surface area contributed by atoms with Crippen molar-refractivity contribution in [3.63, 3.8) is 0 Å². The number of benzene rings is 3. The number of hydrogen-bond donors (Lipinski definition) is 2. The maximum absolute atomic E-state index is 12.6. The number of nitrogens with one attached hydrogen (secondary N) is 2. The lowest BCUT2D eigenvalue weighted by Gasteiger charge is -2.08. The van der Waals surface area contributed by atoms with Gasteiger partial charge in [-0.05, 0) is 35.0 Å². The molecule has 1 amide bonds. The van der Waals surface area contributed by atoms with Crippen LogP contribution in [0.5, 0.6) is 0 Å². The van der Waals surface area contributed by atoms with E-state index in [4.69, 9.17) is 0 Å². The van der Waals surface area contributed by atoms with Crippen molar-refractivity contribution in [3.8, 4) is 11.3 Å². The van der Waals surface area contributed by atoms with Crippen LogP contribution in [-0.2, 0) is 0 Å². The van der Waals surface area contributed by atoms with Gasteiger partial charge in [0.2, 0.25) is 0 Å². The van der Waals surface area contributed by atoms with E-state index in [1.807, 2.05) is 79.2 Å². The summed E-state index contributed by atoms with van der Waals surface area (Å²) < 4.78 is 0. The Morgan fingerprint density at radius 1 is 0.962 bits per heavy atom. The molecule has 3 aromatic carbocycles. The van der Waals surface area contributed by atoms with Crippen molar-refractivity contribution in [1.82, 2.24) is 4.98 Å². The number of aromatic nitrogens is 1. The largest absolute Gasteiger partial charge is 0.365 e. The molecule has 0 spiro atoms. The summed E-state index contributed by atoms with van der Waals surface area (Å²) in [7, 11) is 1.85. The first-order chi connectivity index (χ1) is 12.7. The molecular formula is C21H17N3OS. The van der Waals surface area contributed by atoms with Gasteiger partial charge in [-0.15, -0.1) is 11.3 Å². The highest BCUT2D eigenvalue weighted by Gasteiger charge is 2.09. The Morgan fingerprint density at radius 3 is 2.62 bits per heavy atom. The topological polar surface area (TPSA) is 54.0 Å². The molecular weight excluding hydrogens is 342 g/mol. The van der Waals surface area contributed by atoms with Gasteiger partial charge < -0.3 is 10.6 Å². The maximum Gasteiger partial charge on any atom is 0.255 e. The lowest BCUT2D eigenvalue weighted by molar-refractivity contribution is 0.102. The Balaban J connectivity index is 1.57. The van der Waals surface area contributed by atoms with E-state index >= 15 is 0 Å². The first kappa shape index (κ1) is 16.3. The number of hydrogen-bond acceptors (Lipinski definition) is 4. The summed E-state index contributed by atoms with van der Waals surface area (Å²) in [5.41, 5.74) is 3.25. The number of carbonyl (C=O) groups excluding carboxylic acids is 1. The summed E-state index contributed by atoms with van der Waals surface area (Å²) in [6.45, 7) is 0. The average molecular weight is 359 g/mol. The van der Waals surface area contributed by atoms with Crippen LogP contribution in [0.15, 0.2) is 72.1 Å². The quantitative estimate of drug-likeness (QED) is 0.523. The summed E-state index contributed by atoms with van der Waals surface area (Å²) >= 11 is 1.55. The number of anilines is 2. The average Bonchev–Trinajstić information content (AvgIpc) is 3.17. The molecule has 4 nitrogen and oxygen atoms in total. The van der Waals surface area contributed by atoms with E-state index in [0.717, 1.165) is 32.8 Å². The molecule has 0 bridgehead atoms. The molecule has 0 saturated carbocycles. The summed E-state index contributed by atoms with van der Waals surface area (Å²) in [6, 6.07) is 21.5. The Bertz CT molecular complexity index is 1090. The van der Waals surface area contributed by atoms with E-state index in [-0.39, 0.29) is 5.91 Å². The van der Waals surface area contributed by atoms with Crippen LogP contribution < -0.4 is 10.6 Å². The lowest BCUT2D eigenvalue weighted by atomic mass is 10.1. The summed E-state index contributed by atoms with van der Waals surface area (Å²) in [5.74, 6) is -0.123. The normalized spacial score (nSPS) is 10.7. The van der Waals surface area contributed by atoms with Crippen LogP contribution in [0.3, 0.4) is 0 Å². The fraction of sp³-hybridized carbons (Fsp3) is 0.0476. The zero-order chi connectivity index (χ0) is 17.9. The molecule has 0 fully saturated rings. The molecule has 1 aromatic heterocycles. The minimum absolute atomic E-state index is 0.123. The smallest absolute Gasteiger partial charge is 0.255 e.